The Bertz CT molecular complexity index is 833. The summed E-state index contributed by atoms with van der Waals surface area (Å²) < 4.78 is 0. The average molecular weight is 485 g/mol. The minimum absolute atomic E-state index is 0.0999. The Morgan fingerprint density at radius 1 is 0.971 bits per heavy atom. The standard InChI is InChI=1S/C19H31N7O8/c20-4-2-1-3-12(24-16(30)11(21)6-15(28)29)17(31)25-13(5-10-7-22-9-23-10)18(32)26-14(8-27)19(33)34/h7,9,11-14,27H,1-6,8,20-21H2,(H,22,23)(H,24,30)(H,25,31)(H,26,32)(H,28,29)(H,33,34). The van der Waals surface area contributed by atoms with Crippen LogP contribution in [-0.2, 0) is 30.4 Å². The van der Waals surface area contributed by atoms with Crippen LogP contribution in [-0.4, -0.2) is 92.3 Å². The number of aliphatic carboxylic acids is 2. The van der Waals surface area contributed by atoms with Gasteiger partial charge in [-0.3, -0.25) is 19.2 Å². The quantitative estimate of drug-likeness (QED) is 0.103. The van der Waals surface area contributed by atoms with Gasteiger partial charge >= 0.3 is 11.9 Å². The van der Waals surface area contributed by atoms with Gasteiger partial charge in [-0.15, -0.1) is 0 Å². The summed E-state index contributed by atoms with van der Waals surface area (Å²) in [4.78, 5) is 66.5. The number of rotatable bonds is 16. The molecule has 0 aliphatic heterocycles. The second kappa shape index (κ2) is 14.6. The number of aliphatic hydroxyl groups is 1. The van der Waals surface area contributed by atoms with Gasteiger partial charge in [0.1, 0.15) is 18.1 Å². The molecule has 0 aliphatic rings. The van der Waals surface area contributed by atoms with Crippen LogP contribution in [0.15, 0.2) is 12.5 Å². The maximum atomic E-state index is 13.0. The number of carbonyl (C=O) groups is 5. The first-order valence-corrected chi connectivity index (χ1v) is 10.5. The molecule has 15 nitrogen and oxygen atoms in total. The van der Waals surface area contributed by atoms with Gasteiger partial charge in [-0.25, -0.2) is 9.78 Å². The van der Waals surface area contributed by atoms with Crippen LogP contribution >= 0.6 is 0 Å². The molecule has 1 aromatic rings. The predicted molar refractivity (Wildman–Crippen MR) is 116 cm³/mol. The topological polar surface area (TPSA) is 263 Å². The van der Waals surface area contributed by atoms with Crippen molar-refractivity contribution >= 4 is 29.7 Å². The van der Waals surface area contributed by atoms with Gasteiger partial charge in [0.2, 0.25) is 17.7 Å². The van der Waals surface area contributed by atoms with Crippen molar-refractivity contribution < 1.29 is 39.3 Å². The fourth-order valence-electron chi connectivity index (χ4n) is 2.88. The molecule has 1 aromatic heterocycles. The van der Waals surface area contributed by atoms with Crippen molar-refractivity contribution in [3.05, 3.63) is 18.2 Å². The Morgan fingerprint density at radius 2 is 1.59 bits per heavy atom. The number of amides is 3. The van der Waals surface area contributed by atoms with Gasteiger partial charge in [0.25, 0.3) is 0 Å². The zero-order valence-corrected chi connectivity index (χ0v) is 18.4. The first-order valence-electron chi connectivity index (χ1n) is 10.5. The first-order chi connectivity index (χ1) is 16.1. The third kappa shape index (κ3) is 9.93. The maximum Gasteiger partial charge on any atom is 0.328 e. The average Bonchev–Trinajstić information content (AvgIpc) is 3.28. The summed E-state index contributed by atoms with van der Waals surface area (Å²) in [6.07, 6.45) is 3.10. The number of hydrogen-bond donors (Lipinski definition) is 9. The summed E-state index contributed by atoms with van der Waals surface area (Å²) in [5, 5.41) is 34.0. The van der Waals surface area contributed by atoms with Crippen molar-refractivity contribution in [2.45, 2.75) is 56.3 Å². The van der Waals surface area contributed by atoms with E-state index in [9.17, 15) is 29.1 Å². The first kappa shape index (κ1) is 28.5. The van der Waals surface area contributed by atoms with Crippen molar-refractivity contribution in [1.29, 1.82) is 0 Å². The van der Waals surface area contributed by atoms with Gasteiger partial charge in [-0.05, 0) is 25.8 Å². The number of hydrogen-bond acceptors (Lipinski definition) is 9. The Kier molecular flexibility index (Phi) is 12.2. The van der Waals surface area contributed by atoms with E-state index in [0.29, 0.717) is 25.1 Å². The molecule has 4 unspecified atom stereocenters. The second-order valence-electron chi connectivity index (χ2n) is 7.47. The third-order valence-electron chi connectivity index (χ3n) is 4.72. The molecule has 0 aromatic carbocycles. The smallest absolute Gasteiger partial charge is 0.328 e. The third-order valence-corrected chi connectivity index (χ3v) is 4.72. The number of imidazole rings is 1. The number of nitrogens with zero attached hydrogens (tertiary/aromatic N) is 1. The van der Waals surface area contributed by atoms with E-state index in [4.69, 9.17) is 21.7 Å². The van der Waals surface area contributed by atoms with Crippen LogP contribution in [0.2, 0.25) is 0 Å². The molecule has 0 saturated carbocycles. The Morgan fingerprint density at radius 3 is 2.12 bits per heavy atom. The second-order valence-corrected chi connectivity index (χ2v) is 7.47. The lowest BCUT2D eigenvalue weighted by molar-refractivity contribution is -0.143. The van der Waals surface area contributed by atoms with Crippen LogP contribution in [0.4, 0.5) is 0 Å². The number of aliphatic hydroxyl groups excluding tert-OH is 1. The van der Waals surface area contributed by atoms with E-state index in [1.54, 1.807) is 0 Å². The maximum absolute atomic E-state index is 13.0. The zero-order chi connectivity index (χ0) is 25.7. The van der Waals surface area contributed by atoms with Gasteiger partial charge in [-0.2, -0.15) is 0 Å². The fourth-order valence-corrected chi connectivity index (χ4v) is 2.88. The summed E-state index contributed by atoms with van der Waals surface area (Å²) in [7, 11) is 0. The predicted octanol–water partition coefficient (Wildman–Crippen LogP) is -3.59. The molecule has 1 rings (SSSR count). The summed E-state index contributed by atoms with van der Waals surface area (Å²) in [6.45, 7) is -0.533. The number of aromatic nitrogens is 2. The van der Waals surface area contributed by atoms with Gasteiger partial charge < -0.3 is 47.7 Å². The van der Waals surface area contributed by atoms with Gasteiger partial charge in [-0.1, -0.05) is 0 Å². The lowest BCUT2D eigenvalue weighted by atomic mass is 10.1. The highest BCUT2D eigenvalue weighted by molar-refractivity contribution is 5.94. The lowest BCUT2D eigenvalue weighted by Crippen LogP contribution is -2.58. The molecular weight excluding hydrogens is 454 g/mol. The van der Waals surface area contributed by atoms with E-state index >= 15 is 0 Å². The molecule has 1 heterocycles. The van der Waals surface area contributed by atoms with E-state index in [1.807, 2.05) is 0 Å². The van der Waals surface area contributed by atoms with Crippen molar-refractivity contribution in [2.75, 3.05) is 13.2 Å². The molecule has 3 amide bonds. The largest absolute Gasteiger partial charge is 0.481 e. The van der Waals surface area contributed by atoms with Gasteiger partial charge in [0, 0.05) is 18.3 Å². The minimum atomic E-state index is -1.59. The molecule has 0 fully saturated rings. The van der Waals surface area contributed by atoms with Crippen molar-refractivity contribution in [3.8, 4) is 0 Å². The van der Waals surface area contributed by atoms with E-state index in [1.165, 1.54) is 12.5 Å². The molecule has 15 heteroatoms. The number of H-pyrrole nitrogens is 1. The number of carboxylic acid groups (broad SMARTS) is 2. The van der Waals surface area contributed by atoms with Crippen LogP contribution in [0.3, 0.4) is 0 Å². The highest BCUT2D eigenvalue weighted by atomic mass is 16.4. The van der Waals surface area contributed by atoms with Gasteiger partial charge in [0.15, 0.2) is 0 Å². The normalized spacial score (nSPS) is 14.3. The van der Waals surface area contributed by atoms with E-state index in [0.717, 1.165) is 0 Å². The molecule has 0 radical (unpaired) electrons. The van der Waals surface area contributed by atoms with E-state index < -0.39 is 66.9 Å². The summed E-state index contributed by atoms with van der Waals surface area (Å²) in [5.41, 5.74) is 11.5. The fraction of sp³-hybridized carbons (Fsp3) is 0.579. The molecule has 11 N–H and O–H groups in total. The van der Waals surface area contributed by atoms with Crippen LogP contribution in [0.5, 0.6) is 0 Å². The van der Waals surface area contributed by atoms with Crippen LogP contribution < -0.4 is 27.4 Å². The molecule has 190 valence electrons. The molecule has 0 aliphatic carbocycles. The van der Waals surface area contributed by atoms with Crippen LogP contribution in [0, 0.1) is 0 Å². The monoisotopic (exact) mass is 485 g/mol. The molecule has 34 heavy (non-hydrogen) atoms. The summed E-state index contributed by atoms with van der Waals surface area (Å²) >= 11 is 0. The molecule has 0 bridgehead atoms. The Labute approximate surface area is 194 Å². The molecular formula is C19H31N7O8. The summed E-state index contributed by atoms with van der Waals surface area (Å²) in [6, 6.07) is -5.44. The SMILES string of the molecule is NCCCCC(NC(=O)C(N)CC(=O)O)C(=O)NC(Cc1cnc[nH]1)C(=O)NC(CO)C(=O)O. The Hall–Kier alpha value is -3.56. The highest BCUT2D eigenvalue weighted by Crippen LogP contribution is 2.05. The number of nitrogens with one attached hydrogen (secondary N) is 4. The molecule has 0 spiro atoms. The van der Waals surface area contributed by atoms with E-state index in [2.05, 4.69) is 25.9 Å². The van der Waals surface area contributed by atoms with Crippen LogP contribution in [0.25, 0.3) is 0 Å². The number of carbonyl (C=O) groups excluding carboxylic acids is 3. The minimum Gasteiger partial charge on any atom is -0.481 e. The van der Waals surface area contributed by atoms with Crippen molar-refractivity contribution in [3.63, 3.8) is 0 Å². The number of aromatic amines is 1. The van der Waals surface area contributed by atoms with E-state index in [-0.39, 0.29) is 12.8 Å². The van der Waals surface area contributed by atoms with Crippen LogP contribution in [0.1, 0.15) is 31.4 Å². The highest BCUT2D eigenvalue weighted by Gasteiger charge is 2.30. The van der Waals surface area contributed by atoms with Crippen molar-refractivity contribution in [2.24, 2.45) is 11.5 Å². The number of nitrogens with two attached hydrogens (primary N) is 2. The summed E-state index contributed by atoms with van der Waals surface area (Å²) in [5.74, 6) is -5.29. The molecule has 4 atom stereocenters. The van der Waals surface area contributed by atoms with Crippen molar-refractivity contribution in [1.82, 2.24) is 25.9 Å². The number of unbranched alkanes of at least 4 members (excludes halogenated alkanes) is 1. The van der Waals surface area contributed by atoms with Gasteiger partial charge in [0.05, 0.1) is 25.4 Å². The number of carboxylic acids is 2. The Balaban J connectivity index is 3.01. The lowest BCUT2D eigenvalue weighted by Gasteiger charge is -2.24. The molecule has 0 saturated heterocycles. The zero-order valence-electron chi connectivity index (χ0n) is 18.4.